The van der Waals surface area contributed by atoms with Crippen LogP contribution < -0.4 is 0 Å². The molecule has 0 aromatic rings. The van der Waals surface area contributed by atoms with Crippen molar-refractivity contribution < 1.29 is 9.53 Å². The molecule has 2 heterocycles. The van der Waals surface area contributed by atoms with Gasteiger partial charge in [-0.1, -0.05) is 6.42 Å². The molecule has 0 spiro atoms. The van der Waals surface area contributed by atoms with Gasteiger partial charge in [0, 0.05) is 6.54 Å². The van der Waals surface area contributed by atoms with E-state index in [1.54, 1.807) is 0 Å². The van der Waals surface area contributed by atoms with Gasteiger partial charge in [-0.05, 0) is 32.4 Å². The highest BCUT2D eigenvalue weighted by atomic mass is 16.5. The molecule has 13 heavy (non-hydrogen) atoms. The molecule has 74 valence electrons. The Kier molecular flexibility index (Phi) is 2.83. The van der Waals surface area contributed by atoms with Crippen molar-refractivity contribution in [1.82, 2.24) is 4.90 Å². The minimum atomic E-state index is 0.0190. The van der Waals surface area contributed by atoms with Crippen LogP contribution in [0.3, 0.4) is 0 Å². The van der Waals surface area contributed by atoms with Crippen molar-refractivity contribution in [3.8, 4) is 0 Å². The number of cyclic esters (lactones) is 1. The van der Waals surface area contributed by atoms with Gasteiger partial charge >= 0.3 is 5.97 Å². The van der Waals surface area contributed by atoms with E-state index in [1.165, 1.54) is 32.4 Å². The summed E-state index contributed by atoms with van der Waals surface area (Å²) in [4.78, 5) is 13.6. The average Bonchev–Trinajstić information content (AvgIpc) is 2.54. The van der Waals surface area contributed by atoms with E-state index >= 15 is 0 Å². The molecule has 0 radical (unpaired) electrons. The predicted molar refractivity (Wildman–Crippen MR) is 49.4 cm³/mol. The van der Waals surface area contributed by atoms with Crippen molar-refractivity contribution in [2.24, 2.45) is 5.92 Å². The Balaban J connectivity index is 1.79. The highest BCUT2D eigenvalue weighted by Gasteiger charge is 2.28. The molecule has 2 aliphatic heterocycles. The van der Waals surface area contributed by atoms with E-state index in [-0.39, 0.29) is 11.9 Å². The molecule has 2 rings (SSSR count). The van der Waals surface area contributed by atoms with Crippen LogP contribution in [0.5, 0.6) is 0 Å². The van der Waals surface area contributed by atoms with Gasteiger partial charge in [-0.25, -0.2) is 0 Å². The topological polar surface area (TPSA) is 29.5 Å². The van der Waals surface area contributed by atoms with Crippen LogP contribution in [0.25, 0.3) is 0 Å². The molecule has 1 atom stereocenters. The third-order valence-electron chi connectivity index (χ3n) is 2.97. The summed E-state index contributed by atoms with van der Waals surface area (Å²) in [5, 5.41) is 0. The van der Waals surface area contributed by atoms with E-state index in [4.69, 9.17) is 4.74 Å². The molecule has 0 saturated carbocycles. The Morgan fingerprint density at radius 1 is 1.31 bits per heavy atom. The molecule has 0 aromatic carbocycles. The number of likely N-dealkylation sites (tertiary alicyclic amines) is 1. The van der Waals surface area contributed by atoms with Gasteiger partial charge in [0.2, 0.25) is 0 Å². The number of piperidine rings is 1. The second-order valence-electron chi connectivity index (χ2n) is 4.01. The number of hydrogen-bond donors (Lipinski definition) is 0. The van der Waals surface area contributed by atoms with Crippen molar-refractivity contribution >= 4 is 5.97 Å². The molecular formula is C10H17NO2. The number of nitrogens with zero attached hydrogens (tertiary/aromatic N) is 1. The lowest BCUT2D eigenvalue weighted by atomic mass is 10.1. The number of hydrogen-bond acceptors (Lipinski definition) is 3. The van der Waals surface area contributed by atoms with E-state index in [1.807, 2.05) is 0 Å². The van der Waals surface area contributed by atoms with Crippen LogP contribution in [0.15, 0.2) is 0 Å². The molecular weight excluding hydrogens is 166 g/mol. The summed E-state index contributed by atoms with van der Waals surface area (Å²) in [6, 6.07) is 0. The summed E-state index contributed by atoms with van der Waals surface area (Å²) in [7, 11) is 0. The summed E-state index contributed by atoms with van der Waals surface area (Å²) < 4.78 is 4.94. The third-order valence-corrected chi connectivity index (χ3v) is 2.97. The highest BCUT2D eigenvalue weighted by molar-refractivity contribution is 5.74. The zero-order valence-electron chi connectivity index (χ0n) is 8.00. The van der Waals surface area contributed by atoms with Crippen LogP contribution in [0.1, 0.15) is 25.7 Å². The van der Waals surface area contributed by atoms with Gasteiger partial charge in [-0.3, -0.25) is 4.79 Å². The summed E-state index contributed by atoms with van der Waals surface area (Å²) in [6.45, 7) is 3.91. The van der Waals surface area contributed by atoms with Crippen LogP contribution in [-0.4, -0.2) is 37.1 Å². The Bertz CT molecular complexity index is 187. The van der Waals surface area contributed by atoms with Gasteiger partial charge in [-0.2, -0.15) is 0 Å². The van der Waals surface area contributed by atoms with E-state index in [2.05, 4.69) is 4.90 Å². The maximum absolute atomic E-state index is 11.2. The summed E-state index contributed by atoms with van der Waals surface area (Å²) in [6.07, 6.45) is 4.87. The van der Waals surface area contributed by atoms with Crippen LogP contribution in [0.2, 0.25) is 0 Å². The van der Waals surface area contributed by atoms with E-state index < -0.39 is 0 Å². The lowest BCUT2D eigenvalue weighted by molar-refractivity contribution is -0.141. The molecule has 0 unspecified atom stereocenters. The SMILES string of the molecule is O=C1OCC[C@H]1CN1CCCCC1. The number of rotatable bonds is 2. The normalized spacial score (nSPS) is 30.5. The Morgan fingerprint density at radius 3 is 2.69 bits per heavy atom. The second-order valence-corrected chi connectivity index (χ2v) is 4.01. The van der Waals surface area contributed by atoms with E-state index in [0.717, 1.165) is 13.0 Å². The smallest absolute Gasteiger partial charge is 0.310 e. The zero-order valence-corrected chi connectivity index (χ0v) is 8.00. The summed E-state index contributed by atoms with van der Waals surface area (Å²) in [5.41, 5.74) is 0. The van der Waals surface area contributed by atoms with Crippen molar-refractivity contribution in [3.63, 3.8) is 0 Å². The van der Waals surface area contributed by atoms with Crippen molar-refractivity contribution in [2.75, 3.05) is 26.2 Å². The Morgan fingerprint density at radius 2 is 2.08 bits per heavy atom. The standard InChI is InChI=1S/C10H17NO2/c12-10-9(4-7-13-10)8-11-5-2-1-3-6-11/h9H,1-8H2/t9-/m0/s1. The van der Waals surface area contributed by atoms with Gasteiger partial charge in [-0.15, -0.1) is 0 Å². The van der Waals surface area contributed by atoms with Crippen LogP contribution in [-0.2, 0) is 9.53 Å². The first-order valence-corrected chi connectivity index (χ1v) is 5.25. The van der Waals surface area contributed by atoms with Crippen LogP contribution >= 0.6 is 0 Å². The fraction of sp³-hybridized carbons (Fsp3) is 0.900. The van der Waals surface area contributed by atoms with E-state index in [9.17, 15) is 4.79 Å². The van der Waals surface area contributed by atoms with Crippen LogP contribution in [0, 0.1) is 5.92 Å². The first-order chi connectivity index (χ1) is 6.36. The molecule has 2 saturated heterocycles. The maximum atomic E-state index is 11.2. The lowest BCUT2D eigenvalue weighted by Crippen LogP contribution is -2.35. The molecule has 0 aromatic heterocycles. The molecule has 3 nitrogen and oxygen atoms in total. The number of carbonyl (C=O) groups excluding carboxylic acids is 1. The largest absolute Gasteiger partial charge is 0.465 e. The number of ether oxygens (including phenoxy) is 1. The molecule has 0 amide bonds. The van der Waals surface area contributed by atoms with Gasteiger partial charge in [0.1, 0.15) is 0 Å². The van der Waals surface area contributed by atoms with Crippen molar-refractivity contribution in [3.05, 3.63) is 0 Å². The fourth-order valence-corrected chi connectivity index (χ4v) is 2.16. The summed E-state index contributed by atoms with van der Waals surface area (Å²) in [5.74, 6) is 0.184. The molecule has 3 heteroatoms. The lowest BCUT2D eigenvalue weighted by Gasteiger charge is -2.27. The fourth-order valence-electron chi connectivity index (χ4n) is 2.16. The molecule has 0 N–H and O–H groups in total. The van der Waals surface area contributed by atoms with E-state index in [0.29, 0.717) is 6.61 Å². The first-order valence-electron chi connectivity index (χ1n) is 5.25. The second kappa shape index (κ2) is 4.09. The van der Waals surface area contributed by atoms with Crippen LogP contribution in [0.4, 0.5) is 0 Å². The monoisotopic (exact) mass is 183 g/mol. The van der Waals surface area contributed by atoms with Crippen molar-refractivity contribution in [2.45, 2.75) is 25.7 Å². The minimum absolute atomic E-state index is 0.0190. The van der Waals surface area contributed by atoms with Gasteiger partial charge < -0.3 is 9.64 Å². The van der Waals surface area contributed by atoms with Gasteiger partial charge in [0.25, 0.3) is 0 Å². The zero-order chi connectivity index (χ0) is 9.10. The maximum Gasteiger partial charge on any atom is 0.310 e. The molecule has 0 aliphatic carbocycles. The van der Waals surface area contributed by atoms with Gasteiger partial charge in [0.05, 0.1) is 12.5 Å². The highest BCUT2D eigenvalue weighted by Crippen LogP contribution is 2.18. The van der Waals surface area contributed by atoms with Crippen molar-refractivity contribution in [1.29, 1.82) is 0 Å². The Hall–Kier alpha value is -0.570. The number of carbonyl (C=O) groups is 1. The Labute approximate surface area is 79.0 Å². The average molecular weight is 183 g/mol. The molecule has 2 aliphatic rings. The third kappa shape index (κ3) is 2.21. The minimum Gasteiger partial charge on any atom is -0.465 e. The summed E-state index contributed by atoms with van der Waals surface area (Å²) >= 11 is 0. The molecule has 2 fully saturated rings. The predicted octanol–water partition coefficient (Wildman–Crippen LogP) is 1.04. The quantitative estimate of drug-likeness (QED) is 0.599. The number of esters is 1. The molecule has 0 bridgehead atoms. The first kappa shape index (κ1) is 9.00. The van der Waals surface area contributed by atoms with Gasteiger partial charge in [0.15, 0.2) is 0 Å².